The Labute approximate surface area is 84.9 Å². The van der Waals surface area contributed by atoms with E-state index < -0.39 is 0 Å². The molecular weight excluding hydrogens is 238 g/mol. The lowest BCUT2D eigenvalue weighted by atomic mass is 10.3. The molecule has 1 atom stereocenters. The van der Waals surface area contributed by atoms with E-state index in [1.54, 1.807) is 11.8 Å². The molecule has 3 nitrogen and oxygen atoms in total. The number of rotatable bonds is 4. The zero-order valence-corrected chi connectivity index (χ0v) is 9.57. The van der Waals surface area contributed by atoms with Crippen LogP contribution in [0.4, 0.5) is 0 Å². The normalized spacial score (nSPS) is 13.2. The van der Waals surface area contributed by atoms with Gasteiger partial charge in [0.1, 0.15) is 5.82 Å². The summed E-state index contributed by atoms with van der Waals surface area (Å²) in [5, 5.41) is 8.73. The first-order chi connectivity index (χ1) is 5.72. The van der Waals surface area contributed by atoms with Gasteiger partial charge in [0, 0.05) is 11.1 Å². The van der Waals surface area contributed by atoms with E-state index in [1.807, 2.05) is 6.92 Å². The van der Waals surface area contributed by atoms with E-state index in [-0.39, 0.29) is 0 Å². The van der Waals surface area contributed by atoms with E-state index in [1.165, 1.54) is 0 Å². The number of thioether (sulfide) groups is 1. The lowest BCUT2D eigenvalue weighted by Gasteiger charge is -2.02. The Morgan fingerprint density at radius 1 is 1.67 bits per heavy atom. The number of H-pyrrole nitrogens is 1. The third-order valence-electron chi connectivity index (χ3n) is 1.34. The average Bonchev–Trinajstić information content (AvgIpc) is 2.47. The standard InChI is InChI=1S/C7H12BrN3S/c1-5(3-8)4-12-7-9-6(2)10-11-7/h5H,3-4H2,1-2H3,(H,9,10,11). The first-order valence-corrected chi connectivity index (χ1v) is 5.91. The second kappa shape index (κ2) is 4.87. The van der Waals surface area contributed by atoms with Crippen molar-refractivity contribution in [3.63, 3.8) is 0 Å². The highest BCUT2D eigenvalue weighted by Gasteiger charge is 2.04. The van der Waals surface area contributed by atoms with E-state index >= 15 is 0 Å². The van der Waals surface area contributed by atoms with Gasteiger partial charge in [-0.1, -0.05) is 34.6 Å². The predicted octanol–water partition coefficient (Wildman–Crippen LogP) is 2.24. The number of aromatic amines is 1. The summed E-state index contributed by atoms with van der Waals surface area (Å²) >= 11 is 5.12. The maximum atomic E-state index is 4.20. The predicted molar refractivity (Wildman–Crippen MR) is 54.8 cm³/mol. The summed E-state index contributed by atoms with van der Waals surface area (Å²) in [6, 6.07) is 0. The lowest BCUT2D eigenvalue weighted by Crippen LogP contribution is -1.98. The van der Waals surface area contributed by atoms with Crippen LogP contribution >= 0.6 is 27.7 Å². The Morgan fingerprint density at radius 3 is 2.92 bits per heavy atom. The fraction of sp³-hybridized carbons (Fsp3) is 0.714. The van der Waals surface area contributed by atoms with Crippen LogP contribution in [0.5, 0.6) is 0 Å². The zero-order chi connectivity index (χ0) is 8.97. The number of hydrogen-bond donors (Lipinski definition) is 1. The topological polar surface area (TPSA) is 41.6 Å². The van der Waals surface area contributed by atoms with Crippen LogP contribution in [0.1, 0.15) is 12.7 Å². The van der Waals surface area contributed by atoms with Gasteiger partial charge in [-0.05, 0) is 12.8 Å². The number of nitrogens with one attached hydrogen (secondary N) is 1. The summed E-state index contributed by atoms with van der Waals surface area (Å²) in [6.45, 7) is 4.10. The summed E-state index contributed by atoms with van der Waals surface area (Å²) < 4.78 is 0. The van der Waals surface area contributed by atoms with Gasteiger partial charge in [-0.3, -0.25) is 5.10 Å². The number of aromatic nitrogens is 3. The van der Waals surface area contributed by atoms with Gasteiger partial charge in [0.05, 0.1) is 0 Å². The van der Waals surface area contributed by atoms with Crippen molar-refractivity contribution >= 4 is 27.7 Å². The highest BCUT2D eigenvalue weighted by atomic mass is 79.9. The van der Waals surface area contributed by atoms with Crippen LogP contribution in [0.15, 0.2) is 5.16 Å². The van der Waals surface area contributed by atoms with Crippen molar-refractivity contribution in [1.82, 2.24) is 15.2 Å². The molecule has 0 bridgehead atoms. The maximum Gasteiger partial charge on any atom is 0.208 e. The molecule has 5 heteroatoms. The van der Waals surface area contributed by atoms with Crippen LogP contribution in [-0.4, -0.2) is 26.3 Å². The number of alkyl halides is 1. The van der Waals surface area contributed by atoms with Crippen LogP contribution in [0, 0.1) is 12.8 Å². The van der Waals surface area contributed by atoms with Gasteiger partial charge in [0.25, 0.3) is 0 Å². The van der Waals surface area contributed by atoms with Gasteiger partial charge in [-0.2, -0.15) is 0 Å². The molecule has 0 fully saturated rings. The SMILES string of the molecule is Cc1nc(SCC(C)CBr)n[nH]1. The molecule has 1 unspecified atom stereocenters. The molecule has 12 heavy (non-hydrogen) atoms. The average molecular weight is 250 g/mol. The van der Waals surface area contributed by atoms with Crippen molar-refractivity contribution in [1.29, 1.82) is 0 Å². The fourth-order valence-corrected chi connectivity index (χ4v) is 2.04. The summed E-state index contributed by atoms with van der Waals surface area (Å²) in [5.41, 5.74) is 0. The largest absolute Gasteiger partial charge is 0.262 e. The Bertz CT molecular complexity index is 238. The summed E-state index contributed by atoms with van der Waals surface area (Å²) in [7, 11) is 0. The van der Waals surface area contributed by atoms with E-state index in [0.717, 1.165) is 22.1 Å². The maximum absolute atomic E-state index is 4.20. The molecule has 68 valence electrons. The van der Waals surface area contributed by atoms with Gasteiger partial charge in [0.15, 0.2) is 0 Å². The van der Waals surface area contributed by atoms with Crippen LogP contribution in [0.25, 0.3) is 0 Å². The van der Waals surface area contributed by atoms with E-state index in [2.05, 4.69) is 38.0 Å². The number of nitrogens with zero attached hydrogens (tertiary/aromatic N) is 2. The summed E-state index contributed by atoms with van der Waals surface area (Å²) in [5.74, 6) is 2.60. The van der Waals surface area contributed by atoms with Gasteiger partial charge >= 0.3 is 0 Å². The molecule has 0 aliphatic carbocycles. The molecule has 0 aromatic carbocycles. The van der Waals surface area contributed by atoms with Crippen molar-refractivity contribution in [2.45, 2.75) is 19.0 Å². The molecule has 1 rings (SSSR count). The molecule has 0 spiro atoms. The van der Waals surface area contributed by atoms with Crippen molar-refractivity contribution < 1.29 is 0 Å². The number of hydrogen-bond acceptors (Lipinski definition) is 3. The molecule has 1 heterocycles. The van der Waals surface area contributed by atoms with Crippen LogP contribution in [0.3, 0.4) is 0 Å². The Kier molecular flexibility index (Phi) is 4.08. The van der Waals surface area contributed by atoms with E-state index in [0.29, 0.717) is 5.92 Å². The molecule has 0 radical (unpaired) electrons. The van der Waals surface area contributed by atoms with Crippen molar-refractivity contribution in [2.75, 3.05) is 11.1 Å². The third kappa shape index (κ3) is 3.15. The van der Waals surface area contributed by atoms with Gasteiger partial charge in [-0.25, -0.2) is 4.98 Å². The number of halogens is 1. The molecule has 0 saturated heterocycles. The summed E-state index contributed by atoms with van der Waals surface area (Å²) in [6.07, 6.45) is 0. The van der Waals surface area contributed by atoms with Crippen LogP contribution in [0.2, 0.25) is 0 Å². The smallest absolute Gasteiger partial charge is 0.208 e. The quantitative estimate of drug-likeness (QED) is 0.658. The Balaban J connectivity index is 2.33. The van der Waals surface area contributed by atoms with Gasteiger partial charge in [-0.15, -0.1) is 5.10 Å². The highest BCUT2D eigenvalue weighted by Crippen LogP contribution is 2.16. The Morgan fingerprint density at radius 2 is 2.42 bits per heavy atom. The molecule has 1 aromatic heterocycles. The van der Waals surface area contributed by atoms with Crippen LogP contribution < -0.4 is 0 Å². The van der Waals surface area contributed by atoms with E-state index in [4.69, 9.17) is 0 Å². The minimum atomic E-state index is 0.661. The van der Waals surface area contributed by atoms with Gasteiger partial charge in [0.2, 0.25) is 5.16 Å². The Hall–Kier alpha value is -0.0300. The molecule has 0 saturated carbocycles. The molecule has 0 aliphatic rings. The molecular formula is C7H12BrN3S. The third-order valence-corrected chi connectivity index (χ3v) is 3.62. The minimum absolute atomic E-state index is 0.661. The first-order valence-electron chi connectivity index (χ1n) is 3.80. The molecule has 1 aromatic rings. The lowest BCUT2D eigenvalue weighted by molar-refractivity contribution is 0.767. The molecule has 1 N–H and O–H groups in total. The van der Waals surface area contributed by atoms with Crippen LogP contribution in [-0.2, 0) is 0 Å². The number of aryl methyl sites for hydroxylation is 1. The second-order valence-corrected chi connectivity index (χ2v) is 4.41. The monoisotopic (exact) mass is 249 g/mol. The summed E-state index contributed by atoms with van der Waals surface area (Å²) in [4.78, 5) is 4.20. The fourth-order valence-electron chi connectivity index (χ4n) is 0.648. The molecule has 0 amide bonds. The van der Waals surface area contributed by atoms with Crippen molar-refractivity contribution in [2.24, 2.45) is 5.92 Å². The first kappa shape index (κ1) is 10.1. The second-order valence-electron chi connectivity index (χ2n) is 2.77. The zero-order valence-electron chi connectivity index (χ0n) is 7.17. The highest BCUT2D eigenvalue weighted by molar-refractivity contribution is 9.09. The van der Waals surface area contributed by atoms with Gasteiger partial charge < -0.3 is 0 Å². The van der Waals surface area contributed by atoms with Crippen molar-refractivity contribution in [3.8, 4) is 0 Å². The van der Waals surface area contributed by atoms with Crippen molar-refractivity contribution in [3.05, 3.63) is 5.82 Å². The molecule has 0 aliphatic heterocycles. The minimum Gasteiger partial charge on any atom is -0.262 e. The van der Waals surface area contributed by atoms with E-state index in [9.17, 15) is 0 Å².